The van der Waals surface area contributed by atoms with E-state index in [1.807, 2.05) is 55.5 Å². The molecule has 0 aliphatic carbocycles. The zero-order chi connectivity index (χ0) is 24.8. The second kappa shape index (κ2) is 10.8. The van der Waals surface area contributed by atoms with Crippen LogP contribution in [0.25, 0.3) is 0 Å². The van der Waals surface area contributed by atoms with Gasteiger partial charge >= 0.3 is 0 Å². The van der Waals surface area contributed by atoms with Gasteiger partial charge in [0.25, 0.3) is 0 Å². The Morgan fingerprint density at radius 2 is 1.54 bits per heavy atom. The number of aryl methyl sites for hydroxylation is 2. The fourth-order valence-electron chi connectivity index (χ4n) is 4.45. The summed E-state index contributed by atoms with van der Waals surface area (Å²) in [5, 5.41) is 3.27. The lowest BCUT2D eigenvalue weighted by atomic mass is 9.92. The number of hydroxylamine groups is 1. The van der Waals surface area contributed by atoms with Crippen LogP contribution in [0.3, 0.4) is 0 Å². The number of benzene rings is 3. The van der Waals surface area contributed by atoms with Gasteiger partial charge in [-0.15, -0.1) is 5.48 Å². The third-order valence-corrected chi connectivity index (χ3v) is 6.45. The molecular weight excluding hydrogens is 436 g/mol. The van der Waals surface area contributed by atoms with Crippen molar-refractivity contribution in [1.82, 2.24) is 10.8 Å². The Labute approximate surface area is 208 Å². The van der Waals surface area contributed by atoms with Gasteiger partial charge in [0.15, 0.2) is 0 Å². The van der Waals surface area contributed by atoms with E-state index in [2.05, 4.69) is 61.9 Å². The van der Waals surface area contributed by atoms with Crippen LogP contribution in [-0.4, -0.2) is 18.1 Å². The molecule has 0 fully saturated rings. The monoisotopic (exact) mass is 470 g/mol. The molecule has 182 valence electrons. The van der Waals surface area contributed by atoms with Crippen molar-refractivity contribution >= 4 is 5.91 Å². The molecule has 5 heteroatoms. The standard InChI is InChI=1S/C30H34N2O3/c1-21-9-5-7-11-26(21)29(27-12-8-6-10-22(27)2)31-28(33)19-24-13-15-25(16-14-24)34-18-17-30(4)20-23(3)35-32-30/h5-16,20,29,32H,17-19H2,1-4H3,(H,31,33). The summed E-state index contributed by atoms with van der Waals surface area (Å²) in [7, 11) is 0. The van der Waals surface area contributed by atoms with Crippen molar-refractivity contribution in [3.63, 3.8) is 0 Å². The molecule has 1 amide bonds. The molecule has 0 radical (unpaired) electrons. The third kappa shape index (κ3) is 6.31. The van der Waals surface area contributed by atoms with Crippen LogP contribution in [0.15, 0.2) is 84.6 Å². The van der Waals surface area contributed by atoms with Crippen LogP contribution in [0.2, 0.25) is 0 Å². The van der Waals surface area contributed by atoms with Gasteiger partial charge in [-0.1, -0.05) is 60.7 Å². The molecule has 35 heavy (non-hydrogen) atoms. The predicted octanol–water partition coefficient (Wildman–Crippen LogP) is 5.72. The molecule has 1 aliphatic rings. The van der Waals surface area contributed by atoms with Crippen molar-refractivity contribution in [2.24, 2.45) is 0 Å². The SMILES string of the molecule is CC1=CC(C)(CCOc2ccc(CC(=O)NC(c3ccccc3C)c3ccccc3C)cc2)NO1. The molecule has 0 spiro atoms. The highest BCUT2D eigenvalue weighted by molar-refractivity contribution is 5.79. The predicted molar refractivity (Wildman–Crippen MR) is 139 cm³/mol. The number of carbonyl (C=O) groups is 1. The van der Waals surface area contributed by atoms with Gasteiger partial charge in [-0.05, 0) is 73.7 Å². The molecule has 4 rings (SSSR count). The van der Waals surface area contributed by atoms with Gasteiger partial charge in [-0.2, -0.15) is 0 Å². The minimum Gasteiger partial charge on any atom is -0.494 e. The first kappa shape index (κ1) is 24.6. The highest BCUT2D eigenvalue weighted by Crippen LogP contribution is 2.27. The van der Waals surface area contributed by atoms with Crippen molar-refractivity contribution in [1.29, 1.82) is 0 Å². The summed E-state index contributed by atoms with van der Waals surface area (Å²) in [4.78, 5) is 18.4. The van der Waals surface area contributed by atoms with E-state index in [9.17, 15) is 4.79 Å². The summed E-state index contributed by atoms with van der Waals surface area (Å²) in [5.41, 5.74) is 8.29. The van der Waals surface area contributed by atoms with Crippen LogP contribution in [0.1, 0.15) is 54.1 Å². The van der Waals surface area contributed by atoms with Crippen LogP contribution in [0.5, 0.6) is 5.75 Å². The molecule has 3 aromatic carbocycles. The summed E-state index contributed by atoms with van der Waals surface area (Å²) in [6, 6.07) is 24.0. The lowest BCUT2D eigenvalue weighted by Crippen LogP contribution is -2.36. The number of amides is 1. The Kier molecular flexibility index (Phi) is 7.57. The van der Waals surface area contributed by atoms with Crippen LogP contribution in [-0.2, 0) is 16.1 Å². The summed E-state index contributed by atoms with van der Waals surface area (Å²) in [6.07, 6.45) is 3.16. The Morgan fingerprint density at radius 3 is 2.09 bits per heavy atom. The summed E-state index contributed by atoms with van der Waals surface area (Å²) in [6.45, 7) is 8.73. The number of ether oxygens (including phenoxy) is 1. The van der Waals surface area contributed by atoms with E-state index in [0.717, 1.165) is 45.7 Å². The Hall–Kier alpha value is -3.57. The van der Waals surface area contributed by atoms with Crippen molar-refractivity contribution < 1.29 is 14.4 Å². The van der Waals surface area contributed by atoms with E-state index >= 15 is 0 Å². The molecule has 1 aliphatic heterocycles. The maximum atomic E-state index is 13.1. The van der Waals surface area contributed by atoms with Gasteiger partial charge in [0.1, 0.15) is 11.5 Å². The second-order valence-electron chi connectivity index (χ2n) is 9.51. The lowest BCUT2D eigenvalue weighted by Gasteiger charge is -2.23. The number of rotatable bonds is 9. The average molecular weight is 471 g/mol. The van der Waals surface area contributed by atoms with E-state index in [-0.39, 0.29) is 17.5 Å². The molecule has 1 unspecified atom stereocenters. The van der Waals surface area contributed by atoms with E-state index in [1.54, 1.807) is 0 Å². The minimum absolute atomic E-state index is 0.0161. The van der Waals surface area contributed by atoms with Crippen LogP contribution < -0.4 is 15.5 Å². The van der Waals surface area contributed by atoms with E-state index in [0.29, 0.717) is 13.0 Å². The zero-order valence-electron chi connectivity index (χ0n) is 20.9. The van der Waals surface area contributed by atoms with Crippen molar-refractivity contribution in [2.45, 2.75) is 52.1 Å². The first-order valence-corrected chi connectivity index (χ1v) is 12.1. The Bertz CT molecular complexity index is 1160. The van der Waals surface area contributed by atoms with Crippen molar-refractivity contribution in [3.05, 3.63) is 112 Å². The Balaban J connectivity index is 1.38. The lowest BCUT2D eigenvalue weighted by molar-refractivity contribution is -0.120. The maximum absolute atomic E-state index is 13.1. The first-order chi connectivity index (χ1) is 16.8. The van der Waals surface area contributed by atoms with Crippen LogP contribution in [0, 0.1) is 13.8 Å². The summed E-state index contributed by atoms with van der Waals surface area (Å²) >= 11 is 0. The van der Waals surface area contributed by atoms with Gasteiger partial charge in [0.2, 0.25) is 5.91 Å². The molecule has 1 heterocycles. The molecular formula is C30H34N2O3. The third-order valence-electron chi connectivity index (χ3n) is 6.45. The highest BCUT2D eigenvalue weighted by Gasteiger charge is 2.28. The minimum atomic E-state index is -0.215. The van der Waals surface area contributed by atoms with Crippen LogP contribution in [0.4, 0.5) is 0 Å². The van der Waals surface area contributed by atoms with E-state index in [4.69, 9.17) is 9.57 Å². The molecule has 0 bridgehead atoms. The normalized spacial score (nSPS) is 17.1. The number of carbonyl (C=O) groups excluding carboxylic acids is 1. The molecule has 0 saturated carbocycles. The smallest absolute Gasteiger partial charge is 0.225 e. The Morgan fingerprint density at radius 1 is 0.943 bits per heavy atom. The molecule has 1 atom stereocenters. The average Bonchev–Trinajstić information content (AvgIpc) is 3.18. The molecule has 5 nitrogen and oxygen atoms in total. The molecule has 0 saturated heterocycles. The highest BCUT2D eigenvalue weighted by atomic mass is 16.7. The van der Waals surface area contributed by atoms with E-state index in [1.165, 1.54) is 0 Å². The van der Waals surface area contributed by atoms with Gasteiger partial charge in [-0.25, -0.2) is 0 Å². The van der Waals surface area contributed by atoms with Crippen LogP contribution >= 0.6 is 0 Å². The van der Waals surface area contributed by atoms with Gasteiger partial charge in [-0.3, -0.25) is 4.79 Å². The maximum Gasteiger partial charge on any atom is 0.225 e. The quantitative estimate of drug-likeness (QED) is 0.420. The molecule has 3 aromatic rings. The largest absolute Gasteiger partial charge is 0.494 e. The molecule has 0 aromatic heterocycles. The number of allylic oxidation sites excluding steroid dienone is 1. The molecule has 2 N–H and O–H groups in total. The fourth-order valence-corrected chi connectivity index (χ4v) is 4.45. The number of nitrogens with one attached hydrogen (secondary N) is 2. The van der Waals surface area contributed by atoms with Gasteiger partial charge < -0.3 is 14.9 Å². The topological polar surface area (TPSA) is 59.6 Å². The van der Waals surface area contributed by atoms with Gasteiger partial charge in [0, 0.05) is 6.42 Å². The van der Waals surface area contributed by atoms with Crippen molar-refractivity contribution in [3.8, 4) is 5.75 Å². The van der Waals surface area contributed by atoms with E-state index < -0.39 is 0 Å². The fraction of sp³-hybridized carbons (Fsp3) is 0.300. The zero-order valence-corrected chi connectivity index (χ0v) is 20.9. The number of hydrogen-bond acceptors (Lipinski definition) is 4. The number of hydrogen-bond donors (Lipinski definition) is 2. The summed E-state index contributed by atoms with van der Waals surface area (Å²) < 4.78 is 5.91. The second-order valence-corrected chi connectivity index (χ2v) is 9.51. The van der Waals surface area contributed by atoms with Gasteiger partial charge in [0.05, 0.1) is 24.6 Å². The summed E-state index contributed by atoms with van der Waals surface area (Å²) in [5.74, 6) is 1.65. The first-order valence-electron chi connectivity index (χ1n) is 12.1. The van der Waals surface area contributed by atoms with Crippen molar-refractivity contribution in [2.75, 3.05) is 6.61 Å².